The molecule has 0 saturated carbocycles. The maximum atomic E-state index is 2.75. The van der Waals surface area contributed by atoms with Gasteiger partial charge in [-0.15, -0.1) is 0 Å². The highest BCUT2D eigenvalue weighted by Crippen LogP contribution is 2.56. The minimum Gasteiger partial charge on any atom is -0.310 e. The van der Waals surface area contributed by atoms with Gasteiger partial charge in [0.05, 0.1) is 22.4 Å². The predicted molar refractivity (Wildman–Crippen MR) is 513 cm³/mol. The zero-order valence-corrected chi connectivity index (χ0v) is 70.1. The topological polar surface area (TPSA) is 11.4 Å². The molecule has 20 rings (SSSR count). The Morgan fingerprint density at radius 1 is 0.227 bits per heavy atom. The van der Waals surface area contributed by atoms with Gasteiger partial charge in [-0.1, -0.05) is 390 Å². The number of rotatable bonds is 14. The van der Waals surface area contributed by atoms with E-state index in [0.717, 1.165) is 118 Å². The van der Waals surface area contributed by atoms with Crippen LogP contribution in [0.25, 0.3) is 105 Å². The second kappa shape index (κ2) is 29.5. The summed E-state index contributed by atoms with van der Waals surface area (Å²) in [7, 11) is -2.90. The normalized spacial score (nSPS) is 12.7. The lowest BCUT2D eigenvalue weighted by Gasteiger charge is -2.46. The third-order valence-corrected chi connectivity index (χ3v) is 30.0. The summed E-state index contributed by atoms with van der Waals surface area (Å²) >= 11 is 0. The quantitative estimate of drug-likeness (QED) is 0.0794. The molecule has 0 atom stereocenters. The van der Waals surface area contributed by atoms with E-state index in [1.54, 1.807) is 0 Å². The highest BCUT2D eigenvalue weighted by atomic mass is 28.3. The maximum absolute atomic E-state index is 2.90. The van der Waals surface area contributed by atoms with E-state index in [1.165, 1.54) is 75.6 Å². The molecule has 0 aliphatic carbocycles. The lowest BCUT2D eigenvalue weighted by atomic mass is 9.33. The van der Waals surface area contributed by atoms with Crippen LogP contribution in [0.3, 0.4) is 0 Å². The van der Waals surface area contributed by atoms with Crippen LogP contribution in [0.15, 0.2) is 406 Å². The number of fused-ring (bicyclic) bond motifs is 7. The van der Waals surface area contributed by atoms with E-state index >= 15 is 0 Å². The van der Waals surface area contributed by atoms with Crippen molar-refractivity contribution in [1.29, 1.82) is 0 Å². The summed E-state index contributed by atoms with van der Waals surface area (Å²) in [5, 5.41) is 7.87. The van der Waals surface area contributed by atoms with Crippen LogP contribution in [0.4, 0.5) is 34.1 Å². The van der Waals surface area contributed by atoms with Crippen molar-refractivity contribution in [2.24, 2.45) is 0 Å². The predicted octanol–water partition coefficient (Wildman–Crippen LogP) is 25.8. The SMILES string of the molecule is CC(C)(C)c1cc2c3c(c1)N(c1c(-c4ccccc4)cc(-c4ccccc4)cc1-c1ccccc1)c1cc(-n4c5ccc(C(C)(C)C)cc5c5cc(C(C)(C)C)ccc54)ccc1B3c1cc(-c3ccc([Si](c4ccccc4)(c4ccccc4)c4ccccc4)cc3)ccc1N2c1c(-c2ccccc2)cc(-c2ccccc2)cc1-c1ccccc1. The summed E-state index contributed by atoms with van der Waals surface area (Å²) in [6.45, 7) is 20.9. The average molecular weight is 1540 g/mol. The van der Waals surface area contributed by atoms with E-state index in [2.05, 4.69) is 483 Å². The van der Waals surface area contributed by atoms with Gasteiger partial charge in [0.25, 0.3) is 6.71 Å². The van der Waals surface area contributed by atoms with Crippen LogP contribution in [-0.4, -0.2) is 19.4 Å². The zero-order chi connectivity index (χ0) is 80.9. The van der Waals surface area contributed by atoms with E-state index in [9.17, 15) is 0 Å². The minimum absolute atomic E-state index is 0.0781. The van der Waals surface area contributed by atoms with Gasteiger partial charge < -0.3 is 14.4 Å². The monoisotopic (exact) mass is 1540 g/mol. The van der Waals surface area contributed by atoms with Crippen LogP contribution >= 0.6 is 0 Å². The largest absolute Gasteiger partial charge is 0.310 e. The van der Waals surface area contributed by atoms with E-state index in [0.29, 0.717) is 0 Å². The molecular formula is C114H94BN3Si. The zero-order valence-electron chi connectivity index (χ0n) is 69.1. The van der Waals surface area contributed by atoms with E-state index in [4.69, 9.17) is 0 Å². The number of hydrogen-bond donors (Lipinski definition) is 0. The standard InChI is InChI=1S/C114H94BN3Si/c1-112(2,3)87-58-65-103-99(72-87)100-73-88(113(4,5)6)59-66-104(100)116(103)90-60-63-101-106(76-90)118(111-97(82-45-27-14-28-46-82)69-86(78-39-21-11-22-40-78)70-98(111)83-47-29-15-30-48-83)108-75-89(114(7,8)9)74-107-109(108)115(101)102-71-84(79-55-61-94(62-56-79)119(91-49-31-16-32-50-91,92-51-33-17-34-52-92)93-53-35-18-36-54-93)57-64-105(102)117(107)110-95(80-41-23-12-24-42-80)67-85(77-37-19-10-20-38-77)68-96(110)81-43-25-13-26-44-81/h10-76H,1-9H3. The molecule has 0 amide bonds. The summed E-state index contributed by atoms with van der Waals surface area (Å²) < 4.78 is 2.57. The molecule has 0 N–H and O–H groups in total. The first kappa shape index (κ1) is 74.3. The number of nitrogens with zero attached hydrogens (tertiary/aromatic N) is 3. The Kier molecular flexibility index (Phi) is 18.4. The Balaban J connectivity index is 0.934. The van der Waals surface area contributed by atoms with Crippen LogP contribution < -0.4 is 46.9 Å². The molecule has 5 heteroatoms. The maximum Gasteiger partial charge on any atom is 0.252 e. The molecule has 0 fully saturated rings. The van der Waals surface area contributed by atoms with Gasteiger partial charge in [0.1, 0.15) is 0 Å². The van der Waals surface area contributed by atoms with Gasteiger partial charge in [0.2, 0.25) is 0 Å². The molecule has 572 valence electrons. The van der Waals surface area contributed by atoms with Gasteiger partial charge in [0.15, 0.2) is 8.07 Å². The van der Waals surface area contributed by atoms with Gasteiger partial charge in [-0.05, 0) is 205 Å². The smallest absolute Gasteiger partial charge is 0.252 e. The van der Waals surface area contributed by atoms with Crippen molar-refractivity contribution in [3.05, 3.63) is 423 Å². The fourth-order valence-electron chi connectivity index (χ4n) is 19.1. The van der Waals surface area contributed by atoms with Gasteiger partial charge in [0, 0.05) is 61.5 Å². The van der Waals surface area contributed by atoms with Crippen molar-refractivity contribution < 1.29 is 0 Å². The van der Waals surface area contributed by atoms with Crippen molar-refractivity contribution in [2.75, 3.05) is 9.80 Å². The molecule has 0 spiro atoms. The van der Waals surface area contributed by atoms with Crippen LogP contribution in [0.1, 0.15) is 79.0 Å². The second-order valence-corrected chi connectivity index (χ2v) is 39.4. The molecule has 0 bridgehead atoms. The van der Waals surface area contributed by atoms with Crippen molar-refractivity contribution in [3.8, 4) is 83.6 Å². The molecule has 1 aromatic heterocycles. The lowest BCUT2D eigenvalue weighted by Crippen LogP contribution is -2.74. The highest BCUT2D eigenvalue weighted by Gasteiger charge is 2.47. The third-order valence-electron chi connectivity index (χ3n) is 25.2. The first-order chi connectivity index (χ1) is 57.9. The molecule has 0 radical (unpaired) electrons. The van der Waals surface area contributed by atoms with Gasteiger partial charge in [-0.3, -0.25) is 0 Å². The molecule has 119 heavy (non-hydrogen) atoms. The van der Waals surface area contributed by atoms with Gasteiger partial charge in [-0.2, -0.15) is 0 Å². The Labute approximate surface area is 702 Å². The summed E-state index contributed by atoms with van der Waals surface area (Å²) in [6, 6.07) is 155. The van der Waals surface area contributed by atoms with Crippen molar-refractivity contribution in [1.82, 2.24) is 4.57 Å². The van der Waals surface area contributed by atoms with E-state index < -0.39 is 8.07 Å². The third kappa shape index (κ3) is 13.0. The molecule has 0 unspecified atom stereocenters. The lowest BCUT2D eigenvalue weighted by molar-refractivity contribution is 0.590. The fraction of sp³-hybridized carbons (Fsp3) is 0.105. The van der Waals surface area contributed by atoms with Crippen molar-refractivity contribution >= 4 is 108 Å². The van der Waals surface area contributed by atoms with Crippen LogP contribution in [0, 0.1) is 0 Å². The Hall–Kier alpha value is -13.6. The van der Waals surface area contributed by atoms with Gasteiger partial charge >= 0.3 is 0 Å². The molecule has 18 aromatic rings. The Morgan fingerprint density at radius 3 is 0.924 bits per heavy atom. The van der Waals surface area contributed by atoms with Crippen molar-refractivity contribution in [3.63, 3.8) is 0 Å². The average Bonchev–Trinajstić information content (AvgIpc) is 1.29. The molecule has 3 heterocycles. The number of aromatic nitrogens is 1. The molecular weight excluding hydrogens is 1450 g/mol. The first-order valence-corrected chi connectivity index (χ1v) is 44.1. The summed E-state index contributed by atoms with van der Waals surface area (Å²) in [6.07, 6.45) is 0. The Bertz CT molecular complexity index is 6560. The summed E-state index contributed by atoms with van der Waals surface area (Å²) in [5.74, 6) is 0. The van der Waals surface area contributed by atoms with Crippen molar-refractivity contribution in [2.45, 2.75) is 78.6 Å². The van der Waals surface area contributed by atoms with E-state index in [1.807, 2.05) is 0 Å². The highest BCUT2D eigenvalue weighted by molar-refractivity contribution is 7.20. The molecule has 2 aliphatic rings. The van der Waals surface area contributed by atoms with E-state index in [-0.39, 0.29) is 23.0 Å². The molecule has 17 aromatic carbocycles. The first-order valence-electron chi connectivity index (χ1n) is 42.1. The molecule has 3 nitrogen and oxygen atoms in total. The van der Waals surface area contributed by atoms with Crippen LogP contribution in [-0.2, 0) is 16.2 Å². The van der Waals surface area contributed by atoms with Crippen LogP contribution in [0.2, 0.25) is 0 Å². The fourth-order valence-corrected chi connectivity index (χ4v) is 23.9. The van der Waals surface area contributed by atoms with Crippen LogP contribution in [0.5, 0.6) is 0 Å². The summed E-state index contributed by atoms with van der Waals surface area (Å²) in [5.41, 5.74) is 33.1. The Morgan fingerprint density at radius 2 is 0.555 bits per heavy atom. The number of anilines is 6. The molecule has 0 saturated heterocycles. The number of benzene rings is 17. The van der Waals surface area contributed by atoms with Gasteiger partial charge in [-0.25, -0.2) is 0 Å². The second-order valence-electron chi connectivity index (χ2n) is 35.6. The number of hydrogen-bond acceptors (Lipinski definition) is 2. The molecule has 2 aliphatic heterocycles. The summed E-state index contributed by atoms with van der Waals surface area (Å²) in [4.78, 5) is 5.46. The minimum atomic E-state index is -2.90.